The van der Waals surface area contributed by atoms with Gasteiger partial charge < -0.3 is 15.8 Å². The van der Waals surface area contributed by atoms with Crippen LogP contribution in [0.1, 0.15) is 29.6 Å². The molecule has 1 aromatic rings. The molecule has 1 saturated carbocycles. The van der Waals surface area contributed by atoms with Crippen molar-refractivity contribution in [1.82, 2.24) is 10.3 Å². The first kappa shape index (κ1) is 12.8. The molecule has 0 saturated heterocycles. The molecule has 0 aliphatic heterocycles. The summed E-state index contributed by atoms with van der Waals surface area (Å²) in [5.74, 6) is -1.52. The number of ether oxygens (including phenoxy) is 1. The van der Waals surface area contributed by atoms with E-state index in [4.69, 9.17) is 10.5 Å². The second-order valence-corrected chi connectivity index (χ2v) is 4.34. The van der Waals surface area contributed by atoms with Crippen LogP contribution in [0.15, 0.2) is 12.3 Å². The van der Waals surface area contributed by atoms with Crippen LogP contribution in [0, 0.1) is 5.82 Å². The zero-order chi connectivity index (χ0) is 13.1. The molecule has 2 rings (SSSR count). The Morgan fingerprint density at radius 1 is 1.61 bits per heavy atom. The number of amides is 1. The number of halogens is 1. The minimum absolute atomic E-state index is 0.00352. The van der Waals surface area contributed by atoms with Crippen LogP contribution in [0.25, 0.3) is 0 Å². The molecule has 0 radical (unpaired) electrons. The summed E-state index contributed by atoms with van der Waals surface area (Å²) in [6.45, 7) is 0. The van der Waals surface area contributed by atoms with Crippen LogP contribution in [-0.4, -0.2) is 30.1 Å². The number of nitrogen functional groups attached to an aromatic ring is 1. The first-order chi connectivity index (χ1) is 8.63. The van der Waals surface area contributed by atoms with Crippen molar-refractivity contribution in [3.05, 3.63) is 23.6 Å². The number of anilines is 1. The average Bonchev–Trinajstić information content (AvgIpc) is 2.79. The van der Waals surface area contributed by atoms with Crippen LogP contribution < -0.4 is 11.1 Å². The van der Waals surface area contributed by atoms with E-state index in [1.54, 1.807) is 7.11 Å². The average molecular weight is 253 g/mol. The first-order valence-electron chi connectivity index (χ1n) is 5.87. The number of carbonyl (C=O) groups is 1. The lowest BCUT2D eigenvalue weighted by Crippen LogP contribution is -2.41. The van der Waals surface area contributed by atoms with Crippen LogP contribution >= 0.6 is 0 Å². The number of nitrogens with zero attached hydrogens (tertiary/aromatic N) is 1. The Kier molecular flexibility index (Phi) is 3.76. The highest BCUT2D eigenvalue weighted by atomic mass is 19.1. The van der Waals surface area contributed by atoms with E-state index in [0.29, 0.717) is 0 Å². The first-order valence-corrected chi connectivity index (χ1v) is 5.87. The van der Waals surface area contributed by atoms with Crippen molar-refractivity contribution in [3.8, 4) is 0 Å². The third-order valence-electron chi connectivity index (χ3n) is 3.23. The van der Waals surface area contributed by atoms with Crippen molar-refractivity contribution in [3.63, 3.8) is 0 Å². The fourth-order valence-electron chi connectivity index (χ4n) is 2.25. The van der Waals surface area contributed by atoms with Crippen LogP contribution in [-0.2, 0) is 4.74 Å². The topological polar surface area (TPSA) is 77.2 Å². The van der Waals surface area contributed by atoms with Gasteiger partial charge in [-0.05, 0) is 25.3 Å². The van der Waals surface area contributed by atoms with Crippen molar-refractivity contribution in [2.24, 2.45) is 0 Å². The molecular weight excluding hydrogens is 237 g/mol. The van der Waals surface area contributed by atoms with Crippen LogP contribution in [0.5, 0.6) is 0 Å². The second-order valence-electron chi connectivity index (χ2n) is 4.34. The number of pyridine rings is 1. The Labute approximate surface area is 105 Å². The standard InChI is InChI=1S/C12H16FN3O2/c1-18-9-4-2-3-8(9)16-12(17)7-5-6-15-11(14)10(7)13/h5-6,8-9H,2-4H2,1H3,(H2,14,15)(H,16,17). The number of hydrogen-bond donors (Lipinski definition) is 2. The fourth-order valence-corrected chi connectivity index (χ4v) is 2.25. The number of hydrogen-bond acceptors (Lipinski definition) is 4. The quantitative estimate of drug-likeness (QED) is 0.845. The number of nitrogens with two attached hydrogens (primary N) is 1. The van der Waals surface area contributed by atoms with Gasteiger partial charge in [0.15, 0.2) is 11.6 Å². The van der Waals surface area contributed by atoms with E-state index in [-0.39, 0.29) is 23.5 Å². The Bertz CT molecular complexity index is 453. The molecule has 1 aliphatic carbocycles. The predicted octanol–water partition coefficient (Wildman–Crippen LogP) is 1.10. The van der Waals surface area contributed by atoms with Crippen LogP contribution in [0.3, 0.4) is 0 Å². The third kappa shape index (κ3) is 2.43. The van der Waals surface area contributed by atoms with E-state index >= 15 is 0 Å². The summed E-state index contributed by atoms with van der Waals surface area (Å²) in [5.41, 5.74) is 5.25. The number of rotatable bonds is 3. The van der Waals surface area contributed by atoms with Crippen molar-refractivity contribution in [2.75, 3.05) is 12.8 Å². The van der Waals surface area contributed by atoms with E-state index in [2.05, 4.69) is 10.3 Å². The zero-order valence-electron chi connectivity index (χ0n) is 10.1. The lowest BCUT2D eigenvalue weighted by Gasteiger charge is -2.19. The Morgan fingerprint density at radius 2 is 2.39 bits per heavy atom. The van der Waals surface area contributed by atoms with Gasteiger partial charge in [0.05, 0.1) is 17.7 Å². The maximum atomic E-state index is 13.6. The Morgan fingerprint density at radius 3 is 3.11 bits per heavy atom. The van der Waals surface area contributed by atoms with Gasteiger partial charge in [-0.1, -0.05) is 0 Å². The molecule has 2 atom stereocenters. The molecule has 3 N–H and O–H groups in total. The summed E-state index contributed by atoms with van der Waals surface area (Å²) in [6.07, 6.45) is 4.05. The van der Waals surface area contributed by atoms with Crippen molar-refractivity contribution in [1.29, 1.82) is 0 Å². The van der Waals surface area contributed by atoms with Gasteiger partial charge in [-0.3, -0.25) is 4.79 Å². The van der Waals surface area contributed by atoms with Crippen molar-refractivity contribution in [2.45, 2.75) is 31.4 Å². The smallest absolute Gasteiger partial charge is 0.254 e. The number of nitrogens with one attached hydrogen (secondary N) is 1. The van der Waals surface area contributed by atoms with Gasteiger partial charge in [0.1, 0.15) is 0 Å². The summed E-state index contributed by atoms with van der Waals surface area (Å²) in [7, 11) is 1.61. The van der Waals surface area contributed by atoms with Crippen LogP contribution in [0.2, 0.25) is 0 Å². The lowest BCUT2D eigenvalue weighted by atomic mass is 10.1. The maximum Gasteiger partial charge on any atom is 0.254 e. The van der Waals surface area contributed by atoms with Gasteiger partial charge in [0, 0.05) is 13.3 Å². The number of carbonyl (C=O) groups excluding carboxylic acids is 1. The van der Waals surface area contributed by atoms with E-state index in [1.807, 2.05) is 0 Å². The molecule has 6 heteroatoms. The highest BCUT2D eigenvalue weighted by Crippen LogP contribution is 2.22. The molecule has 1 fully saturated rings. The molecule has 1 aromatic heterocycles. The van der Waals surface area contributed by atoms with Gasteiger partial charge in [0.2, 0.25) is 0 Å². The molecule has 98 valence electrons. The van der Waals surface area contributed by atoms with Gasteiger partial charge in [-0.2, -0.15) is 0 Å². The SMILES string of the molecule is COC1CCCC1NC(=O)c1ccnc(N)c1F. The molecule has 1 amide bonds. The highest BCUT2D eigenvalue weighted by molar-refractivity contribution is 5.95. The molecule has 18 heavy (non-hydrogen) atoms. The number of aromatic nitrogens is 1. The summed E-state index contributed by atoms with van der Waals surface area (Å²) in [4.78, 5) is 15.5. The van der Waals surface area contributed by atoms with Crippen LogP contribution in [0.4, 0.5) is 10.2 Å². The van der Waals surface area contributed by atoms with Crippen molar-refractivity contribution < 1.29 is 13.9 Å². The van der Waals surface area contributed by atoms with E-state index in [0.717, 1.165) is 19.3 Å². The molecule has 0 aromatic carbocycles. The summed E-state index contributed by atoms with van der Waals surface area (Å²) in [5, 5.41) is 2.78. The van der Waals surface area contributed by atoms with E-state index in [1.165, 1.54) is 12.3 Å². The predicted molar refractivity (Wildman–Crippen MR) is 64.5 cm³/mol. The molecule has 5 nitrogen and oxygen atoms in total. The normalized spacial score (nSPS) is 23.0. The van der Waals surface area contributed by atoms with Gasteiger partial charge in [-0.15, -0.1) is 0 Å². The Hall–Kier alpha value is -1.69. The molecule has 0 bridgehead atoms. The van der Waals surface area contributed by atoms with Gasteiger partial charge in [0.25, 0.3) is 5.91 Å². The summed E-state index contributed by atoms with van der Waals surface area (Å²) < 4.78 is 18.9. The van der Waals surface area contributed by atoms with Gasteiger partial charge >= 0.3 is 0 Å². The zero-order valence-corrected chi connectivity index (χ0v) is 10.1. The van der Waals surface area contributed by atoms with E-state index < -0.39 is 11.7 Å². The minimum atomic E-state index is -0.776. The maximum absolute atomic E-state index is 13.6. The highest BCUT2D eigenvalue weighted by Gasteiger charge is 2.29. The fraction of sp³-hybridized carbons (Fsp3) is 0.500. The summed E-state index contributed by atoms with van der Waals surface area (Å²) in [6, 6.07) is 1.24. The van der Waals surface area contributed by atoms with E-state index in [9.17, 15) is 9.18 Å². The Balaban J connectivity index is 2.10. The molecule has 1 heterocycles. The third-order valence-corrected chi connectivity index (χ3v) is 3.23. The molecular formula is C12H16FN3O2. The number of methoxy groups -OCH3 is 1. The monoisotopic (exact) mass is 253 g/mol. The minimum Gasteiger partial charge on any atom is -0.381 e. The lowest BCUT2D eigenvalue weighted by molar-refractivity contribution is 0.0720. The summed E-state index contributed by atoms with van der Waals surface area (Å²) >= 11 is 0. The molecule has 1 aliphatic rings. The second kappa shape index (κ2) is 5.30. The van der Waals surface area contributed by atoms with Crippen molar-refractivity contribution >= 4 is 11.7 Å². The van der Waals surface area contributed by atoms with Gasteiger partial charge in [-0.25, -0.2) is 9.37 Å². The molecule has 2 unspecified atom stereocenters. The largest absolute Gasteiger partial charge is 0.381 e. The molecule has 0 spiro atoms.